The van der Waals surface area contributed by atoms with E-state index in [0.717, 1.165) is 29.0 Å². The second kappa shape index (κ2) is 5.85. The van der Waals surface area contributed by atoms with Gasteiger partial charge in [0.05, 0.1) is 0 Å². The number of rotatable bonds is 3. The highest BCUT2D eigenvalue weighted by Gasteiger charge is 2.20. The fraction of sp³-hybridized carbons (Fsp3) is 0.250. The van der Waals surface area contributed by atoms with Crippen molar-refractivity contribution in [2.45, 2.75) is 23.9 Å². The van der Waals surface area contributed by atoms with Crippen LogP contribution < -0.4 is 11.1 Å². The number of hydrogen-bond acceptors (Lipinski definition) is 3. The minimum atomic E-state index is -0.169. The summed E-state index contributed by atoms with van der Waals surface area (Å²) in [6.07, 6.45) is 1.01. The van der Waals surface area contributed by atoms with Crippen LogP contribution in [0.2, 0.25) is 0 Å². The van der Waals surface area contributed by atoms with E-state index in [-0.39, 0.29) is 11.9 Å². The van der Waals surface area contributed by atoms with Crippen LogP contribution in [0.25, 0.3) is 0 Å². The van der Waals surface area contributed by atoms with Gasteiger partial charge in [-0.25, -0.2) is 4.39 Å². The molecule has 1 aliphatic rings. The van der Waals surface area contributed by atoms with Gasteiger partial charge in [0, 0.05) is 23.2 Å². The number of nitrogens with one attached hydrogen (secondary N) is 1. The summed E-state index contributed by atoms with van der Waals surface area (Å²) in [4.78, 5) is 1.18. The van der Waals surface area contributed by atoms with Crippen molar-refractivity contribution in [3.05, 3.63) is 59.4 Å². The average Bonchev–Trinajstić information content (AvgIpc) is 2.46. The molecule has 0 saturated carbocycles. The first-order valence-electron chi connectivity index (χ1n) is 6.73. The van der Waals surface area contributed by atoms with Crippen LogP contribution >= 0.6 is 11.8 Å². The van der Waals surface area contributed by atoms with Gasteiger partial charge in [0.25, 0.3) is 0 Å². The molecule has 1 heterocycles. The van der Waals surface area contributed by atoms with E-state index in [2.05, 4.69) is 5.32 Å². The van der Waals surface area contributed by atoms with Crippen molar-refractivity contribution in [3.8, 4) is 0 Å². The van der Waals surface area contributed by atoms with E-state index in [9.17, 15) is 4.39 Å². The predicted octanol–water partition coefficient (Wildman–Crippen LogP) is 3.73. The Bertz CT molecular complexity index is 615. The molecule has 0 spiro atoms. The van der Waals surface area contributed by atoms with Crippen molar-refractivity contribution in [1.29, 1.82) is 0 Å². The van der Waals surface area contributed by atoms with Gasteiger partial charge < -0.3 is 11.1 Å². The van der Waals surface area contributed by atoms with E-state index >= 15 is 0 Å². The molecule has 1 aliphatic heterocycles. The monoisotopic (exact) mass is 288 g/mol. The van der Waals surface area contributed by atoms with Crippen molar-refractivity contribution in [1.82, 2.24) is 5.32 Å². The van der Waals surface area contributed by atoms with Crippen LogP contribution in [0.3, 0.4) is 0 Å². The van der Waals surface area contributed by atoms with Crippen LogP contribution in [0, 0.1) is 5.82 Å². The molecular formula is C16H17FN2S. The van der Waals surface area contributed by atoms with Gasteiger partial charge in [0.15, 0.2) is 0 Å². The highest BCUT2D eigenvalue weighted by molar-refractivity contribution is 7.99. The van der Waals surface area contributed by atoms with Gasteiger partial charge in [-0.15, -0.1) is 11.8 Å². The first-order valence-corrected chi connectivity index (χ1v) is 7.71. The molecular weight excluding hydrogens is 271 g/mol. The van der Waals surface area contributed by atoms with Gasteiger partial charge >= 0.3 is 0 Å². The van der Waals surface area contributed by atoms with Crippen molar-refractivity contribution in [2.24, 2.45) is 0 Å². The summed E-state index contributed by atoms with van der Waals surface area (Å²) in [5, 5.41) is 3.50. The maximum atomic E-state index is 13.4. The highest BCUT2D eigenvalue weighted by atomic mass is 32.2. The second-order valence-corrected chi connectivity index (χ2v) is 6.09. The molecule has 0 aromatic heterocycles. The minimum absolute atomic E-state index is 0.169. The lowest BCUT2D eigenvalue weighted by Gasteiger charge is -2.26. The zero-order chi connectivity index (χ0) is 13.9. The Morgan fingerprint density at radius 1 is 1.25 bits per heavy atom. The third-order valence-corrected chi connectivity index (χ3v) is 4.73. The Balaban J connectivity index is 1.77. The average molecular weight is 288 g/mol. The number of anilines is 1. The van der Waals surface area contributed by atoms with Crippen molar-refractivity contribution >= 4 is 17.4 Å². The fourth-order valence-corrected chi connectivity index (χ4v) is 3.61. The molecule has 1 unspecified atom stereocenters. The van der Waals surface area contributed by atoms with Crippen molar-refractivity contribution < 1.29 is 4.39 Å². The Morgan fingerprint density at radius 3 is 2.95 bits per heavy atom. The number of fused-ring (bicyclic) bond motifs is 1. The third-order valence-electron chi connectivity index (χ3n) is 3.61. The van der Waals surface area contributed by atoms with Crippen LogP contribution in [0.15, 0.2) is 47.4 Å². The summed E-state index contributed by atoms with van der Waals surface area (Å²) in [5.41, 5.74) is 8.90. The molecule has 0 saturated heterocycles. The van der Waals surface area contributed by atoms with Gasteiger partial charge in [-0.05, 0) is 47.6 Å². The van der Waals surface area contributed by atoms with Crippen LogP contribution in [-0.4, -0.2) is 5.75 Å². The zero-order valence-corrected chi connectivity index (χ0v) is 11.9. The van der Waals surface area contributed by atoms with Crippen LogP contribution in [0.1, 0.15) is 23.6 Å². The molecule has 3 rings (SSSR count). The number of thioether (sulfide) groups is 1. The molecule has 0 radical (unpaired) electrons. The number of nitrogens with two attached hydrogens (primary N) is 1. The summed E-state index contributed by atoms with van der Waals surface area (Å²) in [5.74, 6) is 0.887. The van der Waals surface area contributed by atoms with E-state index in [1.54, 1.807) is 17.8 Å². The number of nitrogen functional groups attached to an aromatic ring is 1. The summed E-state index contributed by atoms with van der Waals surface area (Å²) >= 11 is 1.79. The minimum Gasteiger partial charge on any atom is -0.398 e. The Hall–Kier alpha value is -1.52. The lowest BCUT2D eigenvalue weighted by atomic mass is 10.0. The summed E-state index contributed by atoms with van der Waals surface area (Å²) < 4.78 is 13.4. The molecule has 3 N–H and O–H groups in total. The van der Waals surface area contributed by atoms with Crippen LogP contribution in [-0.2, 0) is 6.54 Å². The molecule has 2 aromatic rings. The molecule has 104 valence electrons. The molecule has 0 amide bonds. The Morgan fingerprint density at radius 2 is 2.10 bits per heavy atom. The zero-order valence-electron chi connectivity index (χ0n) is 11.1. The third kappa shape index (κ3) is 2.81. The number of benzene rings is 2. The smallest absolute Gasteiger partial charge is 0.123 e. The maximum absolute atomic E-state index is 13.4. The molecule has 0 aliphatic carbocycles. The van der Waals surface area contributed by atoms with E-state index in [1.165, 1.54) is 11.0 Å². The topological polar surface area (TPSA) is 38.0 Å². The quantitative estimate of drug-likeness (QED) is 0.845. The normalized spacial score (nSPS) is 17.8. The van der Waals surface area contributed by atoms with Gasteiger partial charge in [0.2, 0.25) is 0 Å². The Kier molecular flexibility index (Phi) is 3.94. The molecule has 2 aromatic carbocycles. The largest absolute Gasteiger partial charge is 0.398 e. The fourth-order valence-electron chi connectivity index (χ4n) is 2.51. The van der Waals surface area contributed by atoms with Crippen LogP contribution in [0.4, 0.5) is 10.1 Å². The molecule has 1 atom stereocenters. The summed E-state index contributed by atoms with van der Waals surface area (Å²) in [6.45, 7) is 0.706. The van der Waals surface area contributed by atoms with Gasteiger partial charge in [0.1, 0.15) is 5.82 Å². The molecule has 20 heavy (non-hydrogen) atoms. The van der Waals surface area contributed by atoms with Crippen LogP contribution in [0.5, 0.6) is 0 Å². The number of para-hydroxylation sites is 1. The summed E-state index contributed by atoms with van der Waals surface area (Å²) in [7, 11) is 0. The van der Waals surface area contributed by atoms with Crippen molar-refractivity contribution in [2.75, 3.05) is 11.5 Å². The molecule has 2 nitrogen and oxygen atoms in total. The highest BCUT2D eigenvalue weighted by Crippen LogP contribution is 2.36. The predicted molar refractivity (Wildman–Crippen MR) is 82.2 cm³/mol. The first-order chi connectivity index (χ1) is 9.74. The molecule has 0 fully saturated rings. The van der Waals surface area contributed by atoms with E-state index in [0.29, 0.717) is 6.54 Å². The second-order valence-electron chi connectivity index (χ2n) is 4.95. The van der Waals surface area contributed by atoms with Gasteiger partial charge in [-0.1, -0.05) is 18.2 Å². The summed E-state index contributed by atoms with van der Waals surface area (Å²) in [6, 6.07) is 13.1. The number of hydrogen-bond donors (Lipinski definition) is 2. The maximum Gasteiger partial charge on any atom is 0.123 e. The first kappa shape index (κ1) is 13.5. The molecule has 4 heteroatoms. The lowest BCUT2D eigenvalue weighted by molar-refractivity contribution is 0.505. The lowest BCUT2D eigenvalue weighted by Crippen LogP contribution is -2.24. The molecule has 0 bridgehead atoms. The Labute approximate surface area is 122 Å². The standard InChI is InChI=1S/C16H17FN2S/c17-12-5-6-16-13(9-12)15(7-8-20-16)19-10-11-3-1-2-4-14(11)18/h1-6,9,15,19H,7-8,10,18H2. The van der Waals surface area contributed by atoms with E-state index < -0.39 is 0 Å². The van der Waals surface area contributed by atoms with Gasteiger partial charge in [-0.2, -0.15) is 0 Å². The number of halogens is 1. The van der Waals surface area contributed by atoms with Gasteiger partial charge in [-0.3, -0.25) is 0 Å². The van der Waals surface area contributed by atoms with Crippen molar-refractivity contribution in [3.63, 3.8) is 0 Å². The van der Waals surface area contributed by atoms with E-state index in [1.807, 2.05) is 30.3 Å². The SMILES string of the molecule is Nc1ccccc1CNC1CCSc2ccc(F)cc21. The van der Waals surface area contributed by atoms with E-state index in [4.69, 9.17) is 5.73 Å².